The van der Waals surface area contributed by atoms with Gasteiger partial charge >= 0.3 is 0 Å². The quantitative estimate of drug-likeness (QED) is 0.428. The second-order valence-corrected chi connectivity index (χ2v) is 6.44. The molecule has 132 valence electrons. The van der Waals surface area contributed by atoms with Crippen molar-refractivity contribution in [2.24, 2.45) is 10.2 Å². The molecule has 0 N–H and O–H groups in total. The Labute approximate surface area is 165 Å². The first-order valence-corrected chi connectivity index (χ1v) is 9.22. The molecule has 2 heteroatoms. The van der Waals surface area contributed by atoms with Crippen LogP contribution in [0.3, 0.4) is 0 Å². The first-order chi connectivity index (χ1) is 13.8. The van der Waals surface area contributed by atoms with Crippen LogP contribution >= 0.6 is 0 Å². The van der Waals surface area contributed by atoms with Gasteiger partial charge in [-0.1, -0.05) is 60.1 Å². The van der Waals surface area contributed by atoms with E-state index in [0.29, 0.717) is 0 Å². The third kappa shape index (κ3) is 4.85. The maximum atomic E-state index is 4.30. The Balaban J connectivity index is 1.37. The third-order valence-electron chi connectivity index (χ3n) is 4.29. The van der Waals surface area contributed by atoms with Gasteiger partial charge in [0.2, 0.25) is 0 Å². The SMILES string of the molecule is C(#Cc1ccc(N=Nc2ccc(C#CC3=CC=CC3)cc2)cc1)C1=CC=CC1. The summed E-state index contributed by atoms with van der Waals surface area (Å²) in [7, 11) is 0. The number of hydrogen-bond donors (Lipinski definition) is 0. The fraction of sp³-hybridized carbons (Fsp3) is 0.0769. The van der Waals surface area contributed by atoms with Gasteiger partial charge in [-0.2, -0.15) is 10.2 Å². The van der Waals surface area contributed by atoms with Gasteiger partial charge in [0.15, 0.2) is 0 Å². The van der Waals surface area contributed by atoms with E-state index < -0.39 is 0 Å². The van der Waals surface area contributed by atoms with Crippen LogP contribution in [-0.4, -0.2) is 0 Å². The van der Waals surface area contributed by atoms with Crippen molar-refractivity contribution in [3.8, 4) is 23.7 Å². The molecule has 0 aromatic heterocycles. The van der Waals surface area contributed by atoms with Crippen molar-refractivity contribution in [3.63, 3.8) is 0 Å². The second kappa shape index (κ2) is 8.67. The van der Waals surface area contributed by atoms with Gasteiger partial charge in [-0.3, -0.25) is 0 Å². The summed E-state index contributed by atoms with van der Waals surface area (Å²) in [6.07, 6.45) is 14.3. The average molecular weight is 358 g/mol. The molecule has 0 unspecified atom stereocenters. The summed E-state index contributed by atoms with van der Waals surface area (Å²) in [6, 6.07) is 15.6. The van der Waals surface area contributed by atoms with E-state index in [1.165, 1.54) is 0 Å². The van der Waals surface area contributed by atoms with Crippen LogP contribution in [0.1, 0.15) is 24.0 Å². The predicted octanol–water partition coefficient (Wildman–Crippen LogP) is 6.58. The van der Waals surface area contributed by atoms with Crippen molar-refractivity contribution in [3.05, 3.63) is 107 Å². The van der Waals surface area contributed by atoms with Crippen molar-refractivity contribution >= 4 is 11.4 Å². The van der Waals surface area contributed by atoms with Crippen molar-refractivity contribution in [2.45, 2.75) is 12.8 Å². The topological polar surface area (TPSA) is 24.7 Å². The Bertz CT molecular complexity index is 1040. The molecule has 0 amide bonds. The minimum absolute atomic E-state index is 0.803. The number of nitrogens with zero attached hydrogens (tertiary/aromatic N) is 2. The summed E-state index contributed by atoms with van der Waals surface area (Å²) in [5.74, 6) is 12.7. The lowest BCUT2D eigenvalue weighted by Gasteiger charge is -1.95. The average Bonchev–Trinajstić information content (AvgIpc) is 3.45. The summed E-state index contributed by atoms with van der Waals surface area (Å²) in [4.78, 5) is 0. The standard InChI is InChI=1S/C26H18N2/c1-2-6-21(5-1)9-11-23-13-17-25(18-14-23)27-28-26-19-15-24(16-20-26)12-10-22-7-3-4-8-22/h1-5,7,13-20H,6,8H2. The normalized spacial score (nSPS) is 14.3. The zero-order chi connectivity index (χ0) is 19.0. The van der Waals surface area contributed by atoms with E-state index in [1.54, 1.807) is 0 Å². The van der Waals surface area contributed by atoms with Gasteiger partial charge in [-0.15, -0.1) is 0 Å². The number of benzene rings is 2. The van der Waals surface area contributed by atoms with Crippen LogP contribution in [0.4, 0.5) is 11.4 Å². The number of rotatable bonds is 2. The molecule has 0 atom stereocenters. The van der Waals surface area contributed by atoms with Gasteiger partial charge < -0.3 is 0 Å². The molecule has 0 heterocycles. The molecule has 4 rings (SSSR count). The van der Waals surface area contributed by atoms with Gasteiger partial charge in [0.25, 0.3) is 0 Å². The zero-order valence-corrected chi connectivity index (χ0v) is 15.4. The molecule has 0 fully saturated rings. The van der Waals surface area contributed by atoms with Crippen LogP contribution in [0.5, 0.6) is 0 Å². The van der Waals surface area contributed by atoms with Crippen LogP contribution in [0.25, 0.3) is 0 Å². The highest BCUT2D eigenvalue weighted by Crippen LogP contribution is 2.19. The van der Waals surface area contributed by atoms with Crippen molar-refractivity contribution in [1.29, 1.82) is 0 Å². The Kier molecular flexibility index (Phi) is 5.43. The van der Waals surface area contributed by atoms with Crippen molar-refractivity contribution in [2.75, 3.05) is 0 Å². The van der Waals surface area contributed by atoms with Crippen LogP contribution in [0.15, 0.2) is 106 Å². The van der Waals surface area contributed by atoms with Crippen molar-refractivity contribution < 1.29 is 0 Å². The highest BCUT2D eigenvalue weighted by atomic mass is 15.1. The van der Waals surface area contributed by atoms with E-state index in [2.05, 4.69) is 58.2 Å². The van der Waals surface area contributed by atoms with Gasteiger partial charge in [-0.25, -0.2) is 0 Å². The third-order valence-corrected chi connectivity index (χ3v) is 4.29. The fourth-order valence-corrected chi connectivity index (χ4v) is 2.72. The summed E-state index contributed by atoms with van der Waals surface area (Å²) < 4.78 is 0. The van der Waals surface area contributed by atoms with Crippen molar-refractivity contribution in [1.82, 2.24) is 0 Å². The van der Waals surface area contributed by atoms with Crippen LogP contribution in [0.2, 0.25) is 0 Å². The molecule has 0 saturated heterocycles. The molecule has 0 radical (unpaired) electrons. The van der Waals surface area contributed by atoms with Gasteiger partial charge in [0.05, 0.1) is 11.4 Å². The second-order valence-electron chi connectivity index (χ2n) is 6.44. The molecule has 2 aromatic carbocycles. The van der Waals surface area contributed by atoms with Gasteiger partial charge in [0.1, 0.15) is 0 Å². The summed E-state index contributed by atoms with van der Waals surface area (Å²) in [6.45, 7) is 0. The zero-order valence-electron chi connectivity index (χ0n) is 15.4. The predicted molar refractivity (Wildman–Crippen MR) is 114 cm³/mol. The first-order valence-electron chi connectivity index (χ1n) is 9.22. The smallest absolute Gasteiger partial charge is 0.0857 e. The minimum Gasteiger partial charge on any atom is -0.151 e. The van der Waals surface area contributed by atoms with Gasteiger partial charge in [0, 0.05) is 22.3 Å². The van der Waals surface area contributed by atoms with Crippen LogP contribution in [0, 0.1) is 23.7 Å². The Morgan fingerprint density at radius 3 is 1.32 bits per heavy atom. The Morgan fingerprint density at radius 2 is 0.964 bits per heavy atom. The van der Waals surface area contributed by atoms with Crippen LogP contribution < -0.4 is 0 Å². The minimum atomic E-state index is 0.803. The molecule has 2 aliphatic rings. The van der Waals surface area contributed by atoms with Gasteiger partial charge in [-0.05, 0) is 61.4 Å². The maximum Gasteiger partial charge on any atom is 0.0857 e. The molecule has 2 aromatic rings. The molecule has 0 saturated carbocycles. The highest BCUT2D eigenvalue weighted by molar-refractivity contribution is 5.50. The first kappa shape index (κ1) is 17.5. The molecule has 2 nitrogen and oxygen atoms in total. The molecule has 0 bridgehead atoms. The lowest BCUT2D eigenvalue weighted by atomic mass is 10.2. The Hall–Kier alpha value is -3.88. The van der Waals surface area contributed by atoms with E-state index in [9.17, 15) is 0 Å². The number of azo groups is 1. The van der Waals surface area contributed by atoms with Crippen LogP contribution in [-0.2, 0) is 0 Å². The monoisotopic (exact) mass is 358 g/mol. The van der Waals surface area contributed by atoms with E-state index >= 15 is 0 Å². The summed E-state index contributed by atoms with van der Waals surface area (Å²) in [5, 5.41) is 8.59. The highest BCUT2D eigenvalue weighted by Gasteiger charge is 1.96. The Morgan fingerprint density at radius 1 is 0.536 bits per heavy atom. The van der Waals surface area contributed by atoms with E-state index in [0.717, 1.165) is 46.5 Å². The lowest BCUT2D eigenvalue weighted by molar-refractivity contribution is 1.23. The van der Waals surface area contributed by atoms with E-state index in [-0.39, 0.29) is 0 Å². The molecular formula is C26H18N2. The summed E-state index contributed by atoms with van der Waals surface area (Å²) >= 11 is 0. The fourth-order valence-electron chi connectivity index (χ4n) is 2.72. The summed E-state index contributed by atoms with van der Waals surface area (Å²) in [5.41, 5.74) is 5.85. The maximum absolute atomic E-state index is 4.30. The largest absolute Gasteiger partial charge is 0.151 e. The molecule has 0 spiro atoms. The molecular weight excluding hydrogens is 340 g/mol. The molecule has 0 aliphatic heterocycles. The number of hydrogen-bond acceptors (Lipinski definition) is 2. The molecule has 28 heavy (non-hydrogen) atoms. The number of allylic oxidation sites excluding steroid dienone is 8. The van der Waals surface area contributed by atoms with E-state index in [4.69, 9.17) is 0 Å². The van der Waals surface area contributed by atoms with E-state index in [1.807, 2.05) is 60.7 Å². The molecule has 2 aliphatic carbocycles. The lowest BCUT2D eigenvalue weighted by Crippen LogP contribution is -1.75.